The zero-order chi connectivity index (χ0) is 12.4. The lowest BCUT2D eigenvalue weighted by Crippen LogP contribution is -2.40. The second kappa shape index (κ2) is 4.67. The van der Waals surface area contributed by atoms with Gasteiger partial charge in [-0.3, -0.25) is 14.5 Å². The Bertz CT molecular complexity index is 421. The molecule has 4 heteroatoms. The topological polar surface area (TPSA) is 46.6 Å². The SMILES string of the molecule is CCOC[C@H](C)N1C(=O)c2ccccc2C1=O. The molecule has 0 N–H and O–H groups in total. The number of carbonyl (C=O) groups excluding carboxylic acids is 2. The van der Waals surface area contributed by atoms with Gasteiger partial charge in [-0.2, -0.15) is 0 Å². The highest BCUT2D eigenvalue weighted by molar-refractivity contribution is 6.21. The van der Waals surface area contributed by atoms with Gasteiger partial charge in [0.25, 0.3) is 11.8 Å². The van der Waals surface area contributed by atoms with Crippen molar-refractivity contribution < 1.29 is 14.3 Å². The van der Waals surface area contributed by atoms with Gasteiger partial charge in [-0.1, -0.05) is 12.1 Å². The highest BCUT2D eigenvalue weighted by Crippen LogP contribution is 2.24. The van der Waals surface area contributed by atoms with Crippen molar-refractivity contribution in [1.82, 2.24) is 4.90 Å². The van der Waals surface area contributed by atoms with E-state index < -0.39 is 0 Å². The number of nitrogens with zero attached hydrogens (tertiary/aromatic N) is 1. The third kappa shape index (κ3) is 1.96. The lowest BCUT2D eigenvalue weighted by Gasteiger charge is -2.21. The monoisotopic (exact) mass is 233 g/mol. The Kier molecular flexibility index (Phi) is 3.24. The van der Waals surface area contributed by atoms with Gasteiger partial charge in [0.1, 0.15) is 0 Å². The molecule has 1 atom stereocenters. The van der Waals surface area contributed by atoms with Crippen LogP contribution in [0.4, 0.5) is 0 Å². The van der Waals surface area contributed by atoms with Gasteiger partial charge in [-0.15, -0.1) is 0 Å². The van der Waals surface area contributed by atoms with E-state index in [2.05, 4.69) is 0 Å². The van der Waals surface area contributed by atoms with E-state index in [0.29, 0.717) is 24.3 Å². The van der Waals surface area contributed by atoms with E-state index in [1.165, 1.54) is 4.90 Å². The molecule has 1 heterocycles. The molecule has 0 aliphatic carbocycles. The van der Waals surface area contributed by atoms with Gasteiger partial charge in [0.15, 0.2) is 0 Å². The molecule has 0 radical (unpaired) electrons. The molecule has 1 aliphatic heterocycles. The molecule has 0 fully saturated rings. The van der Waals surface area contributed by atoms with E-state index in [1.807, 2.05) is 13.8 Å². The summed E-state index contributed by atoms with van der Waals surface area (Å²) in [6.07, 6.45) is 0. The molecule has 2 rings (SSSR count). The van der Waals surface area contributed by atoms with Crippen LogP contribution in [0, 0.1) is 0 Å². The largest absolute Gasteiger partial charge is 0.380 e. The van der Waals surface area contributed by atoms with Crippen LogP contribution in [-0.4, -0.2) is 36.0 Å². The molecule has 1 aromatic carbocycles. The second-order valence-electron chi connectivity index (χ2n) is 4.03. The van der Waals surface area contributed by atoms with Crippen LogP contribution in [0.5, 0.6) is 0 Å². The molecule has 1 aliphatic rings. The Morgan fingerprint density at radius 1 is 1.18 bits per heavy atom. The molecule has 2 amide bonds. The smallest absolute Gasteiger partial charge is 0.261 e. The molecular weight excluding hydrogens is 218 g/mol. The van der Waals surface area contributed by atoms with Crippen LogP contribution in [0.25, 0.3) is 0 Å². The minimum atomic E-state index is -0.234. The lowest BCUT2D eigenvalue weighted by atomic mass is 10.1. The second-order valence-corrected chi connectivity index (χ2v) is 4.03. The van der Waals surface area contributed by atoms with Crippen molar-refractivity contribution in [3.8, 4) is 0 Å². The Morgan fingerprint density at radius 3 is 2.18 bits per heavy atom. The summed E-state index contributed by atoms with van der Waals surface area (Å²) in [5.74, 6) is -0.449. The Morgan fingerprint density at radius 2 is 1.71 bits per heavy atom. The van der Waals surface area contributed by atoms with Crippen LogP contribution < -0.4 is 0 Å². The van der Waals surface area contributed by atoms with Crippen molar-refractivity contribution in [3.05, 3.63) is 35.4 Å². The highest BCUT2D eigenvalue weighted by atomic mass is 16.5. The maximum absolute atomic E-state index is 12.1. The van der Waals surface area contributed by atoms with Gasteiger partial charge in [-0.25, -0.2) is 0 Å². The zero-order valence-corrected chi connectivity index (χ0v) is 9.97. The zero-order valence-electron chi connectivity index (χ0n) is 9.97. The van der Waals surface area contributed by atoms with Gasteiger partial charge in [0, 0.05) is 6.61 Å². The molecule has 0 spiro atoms. The molecule has 0 bridgehead atoms. The first kappa shape index (κ1) is 11.8. The van der Waals surface area contributed by atoms with Crippen LogP contribution >= 0.6 is 0 Å². The van der Waals surface area contributed by atoms with Crippen molar-refractivity contribution in [2.45, 2.75) is 19.9 Å². The van der Waals surface area contributed by atoms with Gasteiger partial charge >= 0.3 is 0 Å². The quantitative estimate of drug-likeness (QED) is 0.744. The number of carbonyl (C=O) groups is 2. The predicted molar refractivity (Wildman–Crippen MR) is 62.9 cm³/mol. The van der Waals surface area contributed by atoms with Gasteiger partial charge in [-0.05, 0) is 26.0 Å². The van der Waals surface area contributed by atoms with Gasteiger partial charge < -0.3 is 4.74 Å². The summed E-state index contributed by atoms with van der Waals surface area (Å²) in [7, 11) is 0. The standard InChI is InChI=1S/C13H15NO3/c1-3-17-8-9(2)14-12(15)10-6-4-5-7-11(10)13(14)16/h4-7,9H,3,8H2,1-2H3/t9-/m0/s1. The highest BCUT2D eigenvalue weighted by Gasteiger charge is 2.37. The molecule has 0 unspecified atom stereocenters. The number of amides is 2. The number of rotatable bonds is 4. The average molecular weight is 233 g/mol. The third-order valence-corrected chi connectivity index (χ3v) is 2.83. The van der Waals surface area contributed by atoms with Crippen molar-refractivity contribution in [1.29, 1.82) is 0 Å². The van der Waals surface area contributed by atoms with Gasteiger partial charge in [0.2, 0.25) is 0 Å². The molecule has 1 aromatic rings. The minimum Gasteiger partial charge on any atom is -0.380 e. The van der Waals surface area contributed by atoms with Crippen LogP contribution in [-0.2, 0) is 4.74 Å². The fraction of sp³-hybridized carbons (Fsp3) is 0.385. The maximum Gasteiger partial charge on any atom is 0.261 e. The van der Waals surface area contributed by atoms with Crippen LogP contribution in [0.3, 0.4) is 0 Å². The molecule has 0 saturated heterocycles. The molecule has 17 heavy (non-hydrogen) atoms. The lowest BCUT2D eigenvalue weighted by molar-refractivity contribution is 0.0446. The Balaban J connectivity index is 2.24. The first-order chi connectivity index (χ1) is 8.16. The van der Waals surface area contributed by atoms with Crippen LogP contribution in [0.15, 0.2) is 24.3 Å². The first-order valence-electron chi connectivity index (χ1n) is 5.71. The summed E-state index contributed by atoms with van der Waals surface area (Å²) in [5.41, 5.74) is 0.974. The average Bonchev–Trinajstić information content (AvgIpc) is 2.60. The summed E-state index contributed by atoms with van der Waals surface area (Å²) < 4.78 is 5.26. The van der Waals surface area contributed by atoms with Crippen LogP contribution in [0.2, 0.25) is 0 Å². The minimum absolute atomic E-state index is 0.224. The third-order valence-electron chi connectivity index (χ3n) is 2.83. The van der Waals surface area contributed by atoms with E-state index in [0.717, 1.165) is 0 Å². The number of fused-ring (bicyclic) bond motifs is 1. The van der Waals surface area contributed by atoms with E-state index in [-0.39, 0.29) is 17.9 Å². The van der Waals surface area contributed by atoms with E-state index in [9.17, 15) is 9.59 Å². The van der Waals surface area contributed by atoms with E-state index in [1.54, 1.807) is 24.3 Å². The molecule has 90 valence electrons. The number of benzene rings is 1. The van der Waals surface area contributed by atoms with Crippen LogP contribution in [0.1, 0.15) is 34.6 Å². The number of hydrogen-bond donors (Lipinski definition) is 0. The fourth-order valence-corrected chi connectivity index (χ4v) is 1.97. The molecular formula is C13H15NO3. The fourth-order valence-electron chi connectivity index (χ4n) is 1.97. The summed E-state index contributed by atoms with van der Waals surface area (Å²) in [4.78, 5) is 25.4. The summed E-state index contributed by atoms with van der Waals surface area (Å²) >= 11 is 0. The Hall–Kier alpha value is -1.68. The van der Waals surface area contributed by atoms with Crippen molar-refractivity contribution in [2.75, 3.05) is 13.2 Å². The molecule has 0 aromatic heterocycles. The molecule has 0 saturated carbocycles. The molecule has 4 nitrogen and oxygen atoms in total. The van der Waals surface area contributed by atoms with Crippen molar-refractivity contribution >= 4 is 11.8 Å². The maximum atomic E-state index is 12.1. The number of hydrogen-bond acceptors (Lipinski definition) is 3. The summed E-state index contributed by atoms with van der Waals surface area (Å²) in [6.45, 7) is 4.65. The Labute approximate surface area is 100 Å². The normalized spacial score (nSPS) is 16.2. The van der Waals surface area contributed by atoms with Gasteiger partial charge in [0.05, 0.1) is 23.8 Å². The van der Waals surface area contributed by atoms with Crippen molar-refractivity contribution in [2.24, 2.45) is 0 Å². The summed E-state index contributed by atoms with van der Waals surface area (Å²) in [6, 6.07) is 6.66. The van der Waals surface area contributed by atoms with Crippen molar-refractivity contribution in [3.63, 3.8) is 0 Å². The number of ether oxygens (including phenoxy) is 1. The van der Waals surface area contributed by atoms with E-state index >= 15 is 0 Å². The predicted octanol–water partition coefficient (Wildman–Crippen LogP) is 1.71. The number of imide groups is 1. The van der Waals surface area contributed by atoms with E-state index in [4.69, 9.17) is 4.74 Å². The summed E-state index contributed by atoms with van der Waals surface area (Å²) in [5, 5.41) is 0. The first-order valence-corrected chi connectivity index (χ1v) is 5.71.